The van der Waals surface area contributed by atoms with Gasteiger partial charge in [-0.05, 0) is 42.6 Å². The summed E-state index contributed by atoms with van der Waals surface area (Å²) in [7, 11) is -1.16. The number of benzene rings is 1. The van der Waals surface area contributed by atoms with Crippen LogP contribution in [0.1, 0.15) is 30.6 Å². The van der Waals surface area contributed by atoms with Gasteiger partial charge >= 0.3 is 19.0 Å². The minimum Gasteiger partial charge on any atom is -0.466 e. The molecule has 8 nitrogen and oxygen atoms in total. The number of rotatable bonds is 5. The van der Waals surface area contributed by atoms with E-state index in [2.05, 4.69) is 14.8 Å². The molecule has 1 aromatic carbocycles. The van der Waals surface area contributed by atoms with Crippen LogP contribution in [0.2, 0.25) is 0 Å². The predicted octanol–water partition coefficient (Wildman–Crippen LogP) is 1.84. The molecule has 9 heteroatoms. The van der Waals surface area contributed by atoms with Crippen LogP contribution in [0, 0.1) is 13.5 Å². The Bertz CT molecular complexity index is 883. The number of carbonyl (C=O) groups excluding carboxylic acids is 1. The Morgan fingerprint density at radius 3 is 3.04 bits per heavy atom. The van der Waals surface area contributed by atoms with Gasteiger partial charge in [0.1, 0.15) is 5.75 Å². The largest absolute Gasteiger partial charge is 0.492 e. The molecule has 1 unspecified atom stereocenters. The van der Waals surface area contributed by atoms with Gasteiger partial charge in [0.25, 0.3) is 5.88 Å². The Morgan fingerprint density at radius 2 is 2.31 bits per heavy atom. The smallest absolute Gasteiger partial charge is 0.466 e. The summed E-state index contributed by atoms with van der Waals surface area (Å²) >= 11 is 0. The van der Waals surface area contributed by atoms with Gasteiger partial charge in [0.2, 0.25) is 0 Å². The molecule has 26 heavy (non-hydrogen) atoms. The van der Waals surface area contributed by atoms with Crippen molar-refractivity contribution in [2.24, 2.45) is 0 Å². The van der Waals surface area contributed by atoms with E-state index in [1.165, 1.54) is 12.3 Å². The average molecular weight is 353 g/mol. The molecule has 0 saturated heterocycles. The first-order chi connectivity index (χ1) is 12.5. The van der Waals surface area contributed by atoms with Gasteiger partial charge in [-0.2, -0.15) is 4.98 Å². The first-order valence-electron chi connectivity index (χ1n) is 8.03. The number of ether oxygens (including phenoxy) is 2. The maximum absolute atomic E-state index is 11.7. The highest BCUT2D eigenvalue weighted by Gasteiger charge is 2.38. The number of nitrogens with zero attached hydrogens (tertiary/aromatic N) is 3. The number of aryl methyl sites for hydroxylation is 1. The summed E-state index contributed by atoms with van der Waals surface area (Å²) in [5, 5.41) is 10.2. The zero-order chi connectivity index (χ0) is 18.7. The molecule has 1 aliphatic rings. The highest BCUT2D eigenvalue weighted by molar-refractivity contribution is 6.62. The van der Waals surface area contributed by atoms with Gasteiger partial charge in [0.15, 0.2) is 0 Å². The van der Waals surface area contributed by atoms with Crippen molar-refractivity contribution in [2.45, 2.75) is 26.4 Å². The van der Waals surface area contributed by atoms with Crippen LogP contribution in [-0.4, -0.2) is 34.7 Å². The van der Waals surface area contributed by atoms with Crippen molar-refractivity contribution in [3.05, 3.63) is 46.9 Å². The molecule has 1 atom stereocenters. The minimum atomic E-state index is -1.16. The molecule has 0 spiro atoms. The van der Waals surface area contributed by atoms with Gasteiger partial charge in [-0.15, -0.1) is 11.6 Å². The lowest BCUT2D eigenvalue weighted by Gasteiger charge is -2.14. The summed E-state index contributed by atoms with van der Waals surface area (Å²) in [6, 6.07) is 4.93. The summed E-state index contributed by atoms with van der Waals surface area (Å²) in [5.41, 5.74) is 2.10. The SMILES string of the molecule is [C-]#[N+]c1nccc(Oc2cc(C)c3c(c2)B(O)OC3CC(=O)OCC)n1. The Balaban J connectivity index is 1.86. The molecule has 2 aromatic rings. The minimum absolute atomic E-state index is 0.0155. The van der Waals surface area contributed by atoms with E-state index >= 15 is 0 Å². The third kappa shape index (κ3) is 3.66. The third-order valence-corrected chi connectivity index (χ3v) is 3.87. The maximum Gasteiger partial charge on any atom is 0.492 e. The van der Waals surface area contributed by atoms with Crippen LogP contribution in [0.4, 0.5) is 5.95 Å². The Hall–Kier alpha value is -2.96. The molecule has 2 heterocycles. The lowest BCUT2D eigenvalue weighted by molar-refractivity contribution is -0.145. The van der Waals surface area contributed by atoms with E-state index in [0.29, 0.717) is 11.2 Å². The Labute approximate surface area is 150 Å². The second kappa shape index (κ2) is 7.51. The first kappa shape index (κ1) is 17.9. The molecule has 3 rings (SSSR count). The van der Waals surface area contributed by atoms with Gasteiger partial charge in [0, 0.05) is 0 Å². The van der Waals surface area contributed by atoms with E-state index in [-0.39, 0.29) is 30.8 Å². The fourth-order valence-corrected chi connectivity index (χ4v) is 2.88. The zero-order valence-corrected chi connectivity index (χ0v) is 14.3. The van der Waals surface area contributed by atoms with Crippen molar-refractivity contribution in [1.29, 1.82) is 0 Å². The number of aromatic nitrogens is 2. The quantitative estimate of drug-likeness (QED) is 0.498. The first-order valence-corrected chi connectivity index (χ1v) is 8.03. The van der Waals surface area contributed by atoms with Gasteiger partial charge in [-0.25, -0.2) is 0 Å². The summed E-state index contributed by atoms with van der Waals surface area (Å²) in [5.74, 6) is 0.264. The summed E-state index contributed by atoms with van der Waals surface area (Å²) in [4.78, 5) is 22.7. The lowest BCUT2D eigenvalue weighted by atomic mass is 9.77. The van der Waals surface area contributed by atoms with E-state index in [1.807, 2.05) is 6.92 Å². The molecule has 0 bridgehead atoms. The van der Waals surface area contributed by atoms with E-state index in [4.69, 9.17) is 20.7 Å². The van der Waals surface area contributed by atoms with Crippen molar-refractivity contribution in [3.8, 4) is 11.6 Å². The second-order valence-electron chi connectivity index (χ2n) is 5.64. The van der Waals surface area contributed by atoms with Gasteiger partial charge in [0.05, 0.1) is 31.4 Å². The van der Waals surface area contributed by atoms with E-state index in [1.54, 1.807) is 19.1 Å². The third-order valence-electron chi connectivity index (χ3n) is 3.87. The topological polar surface area (TPSA) is 95.1 Å². The van der Waals surface area contributed by atoms with Crippen molar-refractivity contribution < 1.29 is 23.9 Å². The van der Waals surface area contributed by atoms with Crippen LogP contribution >= 0.6 is 0 Å². The van der Waals surface area contributed by atoms with Crippen LogP contribution in [0.3, 0.4) is 0 Å². The number of esters is 1. The molecule has 0 radical (unpaired) electrons. The second-order valence-corrected chi connectivity index (χ2v) is 5.64. The number of carbonyl (C=O) groups is 1. The number of hydrogen-bond acceptors (Lipinski definition) is 7. The van der Waals surface area contributed by atoms with E-state index in [9.17, 15) is 9.82 Å². The standard InChI is InChI=1S/C17H16BN3O5/c1-4-24-15(22)9-13-16-10(2)7-11(8-12(16)18(23)26-13)25-14-5-6-20-17(19-3)21-14/h5-8,13,23H,4,9H2,1-2H3. The number of fused-ring (bicyclic) bond motifs is 1. The molecule has 0 aliphatic carbocycles. The molecular weight excluding hydrogens is 337 g/mol. The highest BCUT2D eigenvalue weighted by atomic mass is 16.5. The maximum atomic E-state index is 11.7. The van der Waals surface area contributed by atoms with Crippen LogP contribution in [-0.2, 0) is 14.2 Å². The molecular formula is C17H16BN3O5. The summed E-state index contributed by atoms with van der Waals surface area (Å²) < 4.78 is 16.1. The molecule has 1 aliphatic heterocycles. The monoisotopic (exact) mass is 353 g/mol. The van der Waals surface area contributed by atoms with Gasteiger partial charge < -0.3 is 24.0 Å². The highest BCUT2D eigenvalue weighted by Crippen LogP contribution is 2.33. The van der Waals surface area contributed by atoms with E-state index in [0.717, 1.165) is 11.1 Å². The molecule has 0 saturated carbocycles. The zero-order valence-electron chi connectivity index (χ0n) is 14.3. The van der Waals surface area contributed by atoms with Crippen LogP contribution < -0.4 is 10.2 Å². The molecule has 1 N–H and O–H groups in total. The van der Waals surface area contributed by atoms with Crippen LogP contribution in [0.25, 0.3) is 4.85 Å². The van der Waals surface area contributed by atoms with Crippen molar-refractivity contribution >= 4 is 24.5 Å². The Kier molecular flexibility index (Phi) is 5.16. The molecule has 0 fully saturated rings. The van der Waals surface area contributed by atoms with Gasteiger partial charge in [-0.3, -0.25) is 4.79 Å². The molecule has 1 aromatic heterocycles. The normalized spacial score (nSPS) is 15.3. The van der Waals surface area contributed by atoms with Crippen molar-refractivity contribution in [1.82, 2.24) is 9.97 Å². The fourth-order valence-electron chi connectivity index (χ4n) is 2.88. The Morgan fingerprint density at radius 1 is 1.50 bits per heavy atom. The van der Waals surface area contributed by atoms with Crippen LogP contribution in [0.5, 0.6) is 11.6 Å². The lowest BCUT2D eigenvalue weighted by Crippen LogP contribution is -2.28. The number of hydrogen-bond donors (Lipinski definition) is 1. The van der Waals surface area contributed by atoms with E-state index < -0.39 is 13.2 Å². The van der Waals surface area contributed by atoms with Gasteiger partial charge in [-0.1, -0.05) is 0 Å². The van der Waals surface area contributed by atoms with Crippen molar-refractivity contribution in [2.75, 3.05) is 6.61 Å². The van der Waals surface area contributed by atoms with Crippen LogP contribution in [0.15, 0.2) is 24.4 Å². The molecule has 132 valence electrons. The average Bonchev–Trinajstić information content (AvgIpc) is 2.91. The molecule has 0 amide bonds. The fraction of sp³-hybridized carbons (Fsp3) is 0.294. The predicted molar refractivity (Wildman–Crippen MR) is 92.2 cm³/mol. The summed E-state index contributed by atoms with van der Waals surface area (Å²) in [6.07, 6.45) is 0.892. The van der Waals surface area contributed by atoms with Crippen molar-refractivity contribution in [3.63, 3.8) is 0 Å². The summed E-state index contributed by atoms with van der Waals surface area (Å²) in [6.45, 7) is 10.8.